The first-order valence-electron chi connectivity index (χ1n) is 6.73. The average Bonchev–Trinajstić information content (AvgIpc) is 2.61. The van der Waals surface area contributed by atoms with E-state index in [2.05, 4.69) is 15.5 Å². The maximum absolute atomic E-state index is 11.9. The second kappa shape index (κ2) is 7.79. The number of rotatable bonds is 6. The Morgan fingerprint density at radius 3 is 2.43 bits per heavy atom. The smallest absolute Gasteiger partial charge is 0.272 e. The van der Waals surface area contributed by atoms with E-state index in [0.29, 0.717) is 28.4 Å². The minimum absolute atomic E-state index is 0.353. The van der Waals surface area contributed by atoms with E-state index in [9.17, 15) is 4.79 Å². The van der Waals surface area contributed by atoms with Crippen LogP contribution in [0.25, 0.3) is 0 Å². The molecule has 0 spiro atoms. The summed E-state index contributed by atoms with van der Waals surface area (Å²) in [5, 5.41) is 3.93. The zero-order chi connectivity index (χ0) is 16.7. The number of carbonyl (C=O) groups excluding carboxylic acids is 1. The summed E-state index contributed by atoms with van der Waals surface area (Å²) in [6.45, 7) is 0. The molecule has 2 aromatic rings. The van der Waals surface area contributed by atoms with Crippen molar-refractivity contribution >= 4 is 12.1 Å². The third kappa shape index (κ3) is 3.97. The van der Waals surface area contributed by atoms with Gasteiger partial charge in [0.2, 0.25) is 0 Å². The van der Waals surface area contributed by atoms with Gasteiger partial charge in [0.05, 0.1) is 33.1 Å². The maximum Gasteiger partial charge on any atom is 0.272 e. The standard InChI is InChI=1S/C16H17N3O4/c1-21-13-8-15(23-3)14(22-2)7-12(13)10-18-19-16(20)11-5-4-6-17-9-11/h4-10H,1-3H3,(H,19,20)/b18-10+. The number of hydrogen-bond donors (Lipinski definition) is 1. The molecule has 0 radical (unpaired) electrons. The summed E-state index contributed by atoms with van der Waals surface area (Å²) in [5.41, 5.74) is 3.48. The molecule has 120 valence electrons. The number of carbonyl (C=O) groups is 1. The quantitative estimate of drug-likeness (QED) is 0.650. The highest BCUT2D eigenvalue weighted by Crippen LogP contribution is 2.33. The normalized spacial score (nSPS) is 10.4. The molecule has 0 saturated heterocycles. The Kier molecular flexibility index (Phi) is 5.51. The van der Waals surface area contributed by atoms with E-state index in [-0.39, 0.29) is 5.91 Å². The molecule has 1 amide bonds. The van der Waals surface area contributed by atoms with E-state index in [0.717, 1.165) is 0 Å². The summed E-state index contributed by atoms with van der Waals surface area (Å²) < 4.78 is 15.7. The van der Waals surface area contributed by atoms with Gasteiger partial charge >= 0.3 is 0 Å². The molecule has 23 heavy (non-hydrogen) atoms. The highest BCUT2D eigenvalue weighted by molar-refractivity contribution is 5.94. The van der Waals surface area contributed by atoms with Gasteiger partial charge in [-0.1, -0.05) is 0 Å². The molecular weight excluding hydrogens is 298 g/mol. The van der Waals surface area contributed by atoms with Gasteiger partial charge in [-0.25, -0.2) is 5.43 Å². The molecule has 2 rings (SSSR count). The molecule has 1 heterocycles. The molecule has 1 aromatic carbocycles. The first-order valence-corrected chi connectivity index (χ1v) is 6.73. The van der Waals surface area contributed by atoms with Crippen molar-refractivity contribution in [1.82, 2.24) is 10.4 Å². The van der Waals surface area contributed by atoms with Crippen LogP contribution in [0, 0.1) is 0 Å². The summed E-state index contributed by atoms with van der Waals surface area (Å²) in [5.74, 6) is 1.27. The van der Waals surface area contributed by atoms with Gasteiger partial charge < -0.3 is 14.2 Å². The van der Waals surface area contributed by atoms with Gasteiger partial charge in [0, 0.05) is 24.0 Å². The Labute approximate surface area is 133 Å². The van der Waals surface area contributed by atoms with Crippen LogP contribution in [-0.2, 0) is 0 Å². The van der Waals surface area contributed by atoms with E-state index in [1.54, 1.807) is 37.6 Å². The maximum atomic E-state index is 11.9. The number of nitrogens with one attached hydrogen (secondary N) is 1. The topological polar surface area (TPSA) is 82.0 Å². The molecule has 7 heteroatoms. The van der Waals surface area contributed by atoms with Crippen molar-refractivity contribution in [1.29, 1.82) is 0 Å². The van der Waals surface area contributed by atoms with Gasteiger partial charge in [-0.3, -0.25) is 9.78 Å². The average molecular weight is 315 g/mol. The van der Waals surface area contributed by atoms with Gasteiger partial charge in [-0.15, -0.1) is 0 Å². The van der Waals surface area contributed by atoms with Crippen molar-refractivity contribution < 1.29 is 19.0 Å². The summed E-state index contributed by atoms with van der Waals surface area (Å²) >= 11 is 0. The highest BCUT2D eigenvalue weighted by atomic mass is 16.5. The number of benzene rings is 1. The van der Waals surface area contributed by atoms with Crippen molar-refractivity contribution in [3.05, 3.63) is 47.8 Å². The number of pyridine rings is 1. The molecule has 0 atom stereocenters. The van der Waals surface area contributed by atoms with E-state index >= 15 is 0 Å². The fourth-order valence-corrected chi connectivity index (χ4v) is 1.88. The van der Waals surface area contributed by atoms with Crippen LogP contribution in [0.3, 0.4) is 0 Å². The summed E-state index contributed by atoms with van der Waals surface area (Å²) in [6.07, 6.45) is 4.52. The number of ether oxygens (including phenoxy) is 3. The molecular formula is C16H17N3O4. The monoisotopic (exact) mass is 315 g/mol. The number of methoxy groups -OCH3 is 3. The Balaban J connectivity index is 2.17. The summed E-state index contributed by atoms with van der Waals surface area (Å²) in [7, 11) is 4.61. The van der Waals surface area contributed by atoms with Crippen molar-refractivity contribution in [2.45, 2.75) is 0 Å². The van der Waals surface area contributed by atoms with Crippen molar-refractivity contribution in [3.8, 4) is 17.2 Å². The molecule has 1 N–H and O–H groups in total. The minimum atomic E-state index is -0.353. The lowest BCUT2D eigenvalue weighted by Crippen LogP contribution is -2.17. The molecule has 0 unspecified atom stereocenters. The summed E-state index contributed by atoms with van der Waals surface area (Å²) in [6, 6.07) is 6.71. The largest absolute Gasteiger partial charge is 0.496 e. The Hall–Kier alpha value is -3.09. The predicted octanol–water partition coefficient (Wildman–Crippen LogP) is 1.87. The number of hydrazone groups is 1. The molecule has 0 fully saturated rings. The summed E-state index contributed by atoms with van der Waals surface area (Å²) in [4.78, 5) is 15.8. The van der Waals surface area contributed by atoms with Crippen molar-refractivity contribution in [3.63, 3.8) is 0 Å². The molecule has 0 aliphatic rings. The van der Waals surface area contributed by atoms with Crippen LogP contribution >= 0.6 is 0 Å². The van der Waals surface area contributed by atoms with Crippen LogP contribution in [0.5, 0.6) is 17.2 Å². The predicted molar refractivity (Wildman–Crippen MR) is 85.4 cm³/mol. The van der Waals surface area contributed by atoms with E-state index in [4.69, 9.17) is 14.2 Å². The minimum Gasteiger partial charge on any atom is -0.496 e. The van der Waals surface area contributed by atoms with Crippen LogP contribution < -0.4 is 19.6 Å². The van der Waals surface area contributed by atoms with Gasteiger partial charge in [-0.05, 0) is 18.2 Å². The SMILES string of the molecule is COc1cc(OC)c(OC)cc1/C=N/NC(=O)c1cccnc1. The molecule has 0 aliphatic carbocycles. The van der Waals surface area contributed by atoms with E-state index in [1.807, 2.05) is 0 Å². The lowest BCUT2D eigenvalue weighted by molar-refractivity contribution is 0.0954. The van der Waals surface area contributed by atoms with Crippen LogP contribution in [0.1, 0.15) is 15.9 Å². The molecule has 0 bridgehead atoms. The zero-order valence-corrected chi connectivity index (χ0v) is 13.1. The fourth-order valence-electron chi connectivity index (χ4n) is 1.88. The number of hydrogen-bond acceptors (Lipinski definition) is 6. The van der Waals surface area contributed by atoms with Gasteiger partial charge in [0.1, 0.15) is 5.75 Å². The van der Waals surface area contributed by atoms with Gasteiger partial charge in [-0.2, -0.15) is 5.10 Å². The Morgan fingerprint density at radius 1 is 1.13 bits per heavy atom. The lowest BCUT2D eigenvalue weighted by atomic mass is 10.2. The number of aromatic nitrogens is 1. The Morgan fingerprint density at radius 2 is 1.83 bits per heavy atom. The number of amides is 1. The van der Waals surface area contributed by atoms with Crippen LogP contribution in [-0.4, -0.2) is 38.4 Å². The van der Waals surface area contributed by atoms with Crippen LogP contribution in [0.2, 0.25) is 0 Å². The van der Waals surface area contributed by atoms with Crippen molar-refractivity contribution in [2.24, 2.45) is 5.10 Å². The third-order valence-electron chi connectivity index (χ3n) is 3.03. The van der Waals surface area contributed by atoms with Gasteiger partial charge in [0.15, 0.2) is 11.5 Å². The molecule has 1 aromatic heterocycles. The lowest BCUT2D eigenvalue weighted by Gasteiger charge is -2.11. The van der Waals surface area contributed by atoms with Crippen LogP contribution in [0.15, 0.2) is 41.8 Å². The van der Waals surface area contributed by atoms with E-state index < -0.39 is 0 Å². The van der Waals surface area contributed by atoms with Gasteiger partial charge in [0.25, 0.3) is 5.91 Å². The third-order valence-corrected chi connectivity index (χ3v) is 3.03. The van der Waals surface area contributed by atoms with E-state index in [1.165, 1.54) is 26.6 Å². The fraction of sp³-hybridized carbons (Fsp3) is 0.188. The molecule has 7 nitrogen and oxygen atoms in total. The zero-order valence-electron chi connectivity index (χ0n) is 13.1. The highest BCUT2D eigenvalue weighted by Gasteiger charge is 2.10. The first kappa shape index (κ1) is 16.3. The second-order valence-electron chi connectivity index (χ2n) is 4.39. The second-order valence-corrected chi connectivity index (χ2v) is 4.39. The molecule has 0 saturated carbocycles. The Bertz CT molecular complexity index is 702. The van der Waals surface area contributed by atoms with Crippen LogP contribution in [0.4, 0.5) is 0 Å². The first-order chi connectivity index (χ1) is 11.2. The number of nitrogens with zero attached hydrogens (tertiary/aromatic N) is 2. The molecule has 0 aliphatic heterocycles. The van der Waals surface area contributed by atoms with Crippen molar-refractivity contribution in [2.75, 3.05) is 21.3 Å².